The molecule has 3 aromatic rings. The van der Waals surface area contributed by atoms with Crippen LogP contribution >= 0.6 is 11.3 Å². The second-order valence-electron chi connectivity index (χ2n) is 6.49. The first-order chi connectivity index (χ1) is 13.9. The van der Waals surface area contributed by atoms with E-state index in [0.29, 0.717) is 16.4 Å². The van der Waals surface area contributed by atoms with Gasteiger partial charge in [0.25, 0.3) is 0 Å². The summed E-state index contributed by atoms with van der Waals surface area (Å²) in [6.07, 6.45) is 0.767. The third-order valence-corrected chi connectivity index (χ3v) is 5.70. The fraction of sp³-hybridized carbons (Fsp3) is 0.350. The summed E-state index contributed by atoms with van der Waals surface area (Å²) in [4.78, 5) is 27.1. The van der Waals surface area contributed by atoms with E-state index in [1.807, 2.05) is 45.0 Å². The zero-order valence-corrected chi connectivity index (χ0v) is 17.7. The van der Waals surface area contributed by atoms with Crippen molar-refractivity contribution in [2.24, 2.45) is 0 Å². The number of hydrogen-bond acceptors (Lipinski definition) is 7. The molecule has 0 saturated carbocycles. The van der Waals surface area contributed by atoms with Gasteiger partial charge in [-0.25, -0.2) is 4.79 Å². The molecule has 0 radical (unpaired) electrons. The van der Waals surface area contributed by atoms with E-state index in [-0.39, 0.29) is 19.1 Å². The van der Waals surface area contributed by atoms with Gasteiger partial charge in [0.2, 0.25) is 11.7 Å². The lowest BCUT2D eigenvalue weighted by molar-refractivity contribution is -0.117. The SMILES string of the molecule is CCOC(=O)c1c(NC(=O)Cn2nnc(-c3ccc(C)cc3)n2)sc(CC)c1C. The molecular formula is C20H23N5O3S. The lowest BCUT2D eigenvalue weighted by atomic mass is 10.1. The van der Waals surface area contributed by atoms with Crippen molar-refractivity contribution < 1.29 is 14.3 Å². The number of aryl methyl sites for hydroxylation is 2. The van der Waals surface area contributed by atoms with Gasteiger partial charge >= 0.3 is 5.97 Å². The zero-order valence-electron chi connectivity index (χ0n) is 16.9. The lowest BCUT2D eigenvalue weighted by Crippen LogP contribution is -2.21. The van der Waals surface area contributed by atoms with Crippen LogP contribution in [0.4, 0.5) is 5.00 Å². The van der Waals surface area contributed by atoms with Crippen LogP contribution in [0.15, 0.2) is 24.3 Å². The van der Waals surface area contributed by atoms with E-state index in [2.05, 4.69) is 20.7 Å². The number of carbonyl (C=O) groups is 2. The van der Waals surface area contributed by atoms with E-state index in [4.69, 9.17) is 4.74 Å². The average Bonchev–Trinajstić information content (AvgIpc) is 3.26. The molecule has 2 aromatic heterocycles. The van der Waals surface area contributed by atoms with Crippen LogP contribution in [0, 0.1) is 13.8 Å². The molecule has 8 nitrogen and oxygen atoms in total. The minimum absolute atomic E-state index is 0.112. The fourth-order valence-corrected chi connectivity index (χ4v) is 4.01. The highest BCUT2D eigenvalue weighted by Gasteiger charge is 2.23. The predicted octanol–water partition coefficient (Wildman–Crippen LogP) is 3.40. The fourth-order valence-electron chi connectivity index (χ4n) is 2.86. The third kappa shape index (κ3) is 4.68. The number of benzene rings is 1. The Morgan fingerprint density at radius 1 is 1.17 bits per heavy atom. The number of rotatable bonds is 7. The highest BCUT2D eigenvalue weighted by Crippen LogP contribution is 2.34. The van der Waals surface area contributed by atoms with Gasteiger partial charge in [-0.3, -0.25) is 4.79 Å². The van der Waals surface area contributed by atoms with Crippen LogP contribution in [-0.4, -0.2) is 38.7 Å². The smallest absolute Gasteiger partial charge is 0.341 e. The van der Waals surface area contributed by atoms with E-state index < -0.39 is 5.97 Å². The van der Waals surface area contributed by atoms with Gasteiger partial charge < -0.3 is 10.1 Å². The molecule has 1 aromatic carbocycles. The molecule has 9 heteroatoms. The van der Waals surface area contributed by atoms with Gasteiger partial charge in [0.15, 0.2) is 0 Å². The Morgan fingerprint density at radius 2 is 1.90 bits per heavy atom. The molecular weight excluding hydrogens is 390 g/mol. The van der Waals surface area contributed by atoms with Crippen LogP contribution in [0.2, 0.25) is 0 Å². The van der Waals surface area contributed by atoms with Gasteiger partial charge in [0.1, 0.15) is 11.5 Å². The minimum atomic E-state index is -0.434. The number of hydrogen-bond donors (Lipinski definition) is 1. The summed E-state index contributed by atoms with van der Waals surface area (Å²) in [6, 6.07) is 7.74. The number of aromatic nitrogens is 4. The number of nitrogens with zero attached hydrogens (tertiary/aromatic N) is 4. The molecule has 29 heavy (non-hydrogen) atoms. The summed E-state index contributed by atoms with van der Waals surface area (Å²) in [5.41, 5.74) is 3.21. The Balaban J connectivity index is 1.74. The number of tetrazole rings is 1. The number of thiophene rings is 1. The molecule has 1 N–H and O–H groups in total. The van der Waals surface area contributed by atoms with Gasteiger partial charge in [-0.2, -0.15) is 4.80 Å². The monoisotopic (exact) mass is 413 g/mol. The predicted molar refractivity (Wildman–Crippen MR) is 111 cm³/mol. The molecule has 0 saturated heterocycles. The molecule has 0 atom stereocenters. The standard InChI is InChI=1S/C20H23N5O3S/c1-5-15-13(4)17(20(27)28-6-2)19(29-15)21-16(26)11-25-23-18(22-24-25)14-9-7-12(3)8-10-14/h7-10H,5-6,11H2,1-4H3,(H,21,26). The average molecular weight is 414 g/mol. The van der Waals surface area contributed by atoms with Crippen molar-refractivity contribution in [1.29, 1.82) is 0 Å². The first kappa shape index (κ1) is 20.7. The van der Waals surface area contributed by atoms with E-state index in [9.17, 15) is 9.59 Å². The number of carbonyl (C=O) groups excluding carboxylic acids is 2. The second kappa shape index (κ2) is 8.95. The molecule has 0 bridgehead atoms. The number of esters is 1. The Labute approximate surface area is 172 Å². The maximum Gasteiger partial charge on any atom is 0.341 e. The second-order valence-corrected chi connectivity index (χ2v) is 7.59. The lowest BCUT2D eigenvalue weighted by Gasteiger charge is -2.06. The van der Waals surface area contributed by atoms with Gasteiger partial charge in [-0.1, -0.05) is 36.8 Å². The first-order valence-electron chi connectivity index (χ1n) is 9.37. The number of ether oxygens (including phenoxy) is 1. The topological polar surface area (TPSA) is 99.0 Å². The molecule has 1 amide bonds. The third-order valence-electron chi connectivity index (χ3n) is 4.35. The van der Waals surface area contributed by atoms with E-state index in [1.165, 1.54) is 16.1 Å². The van der Waals surface area contributed by atoms with Crippen LogP contribution in [0.1, 0.15) is 40.2 Å². The Morgan fingerprint density at radius 3 is 2.55 bits per heavy atom. The largest absolute Gasteiger partial charge is 0.462 e. The van der Waals surface area contributed by atoms with Crippen molar-refractivity contribution in [1.82, 2.24) is 20.2 Å². The summed E-state index contributed by atoms with van der Waals surface area (Å²) in [5, 5.41) is 15.5. The van der Waals surface area contributed by atoms with Gasteiger partial charge in [-0.05, 0) is 38.0 Å². The number of anilines is 1. The van der Waals surface area contributed by atoms with Crippen molar-refractivity contribution in [3.05, 3.63) is 45.8 Å². The molecule has 0 aliphatic heterocycles. The quantitative estimate of drug-likeness (QED) is 0.596. The zero-order chi connectivity index (χ0) is 21.0. The highest BCUT2D eigenvalue weighted by atomic mass is 32.1. The minimum Gasteiger partial charge on any atom is -0.462 e. The van der Waals surface area contributed by atoms with E-state index in [1.54, 1.807) is 6.92 Å². The Hall–Kier alpha value is -3.07. The first-order valence-corrected chi connectivity index (χ1v) is 10.2. The molecule has 0 spiro atoms. The van der Waals surface area contributed by atoms with Crippen molar-refractivity contribution in [3.63, 3.8) is 0 Å². The molecule has 0 aliphatic carbocycles. The van der Waals surface area contributed by atoms with Crippen molar-refractivity contribution in [3.8, 4) is 11.4 Å². The van der Waals surface area contributed by atoms with E-state index in [0.717, 1.165) is 28.0 Å². The number of nitrogens with one attached hydrogen (secondary N) is 1. The van der Waals surface area contributed by atoms with Crippen molar-refractivity contribution in [2.75, 3.05) is 11.9 Å². The van der Waals surface area contributed by atoms with Crippen LogP contribution in [0.5, 0.6) is 0 Å². The van der Waals surface area contributed by atoms with Crippen molar-refractivity contribution >= 4 is 28.2 Å². The Kier molecular flexibility index (Phi) is 6.38. The normalized spacial score (nSPS) is 10.8. The summed E-state index contributed by atoms with van der Waals surface area (Å²) < 4.78 is 5.14. The summed E-state index contributed by atoms with van der Waals surface area (Å²) in [6.45, 7) is 7.78. The van der Waals surface area contributed by atoms with Gasteiger partial charge in [0.05, 0.1) is 12.2 Å². The molecule has 0 unspecified atom stereocenters. The number of amides is 1. The van der Waals surface area contributed by atoms with Gasteiger partial charge in [0, 0.05) is 10.4 Å². The molecule has 3 rings (SSSR count). The molecule has 152 valence electrons. The van der Waals surface area contributed by atoms with Crippen LogP contribution in [0.3, 0.4) is 0 Å². The Bertz CT molecular complexity index is 1020. The maximum absolute atomic E-state index is 12.5. The van der Waals surface area contributed by atoms with Crippen LogP contribution in [-0.2, 0) is 22.5 Å². The molecule has 0 fully saturated rings. The highest BCUT2D eigenvalue weighted by molar-refractivity contribution is 7.17. The van der Waals surface area contributed by atoms with Gasteiger partial charge in [-0.15, -0.1) is 21.5 Å². The molecule has 2 heterocycles. The van der Waals surface area contributed by atoms with Crippen LogP contribution < -0.4 is 5.32 Å². The summed E-state index contributed by atoms with van der Waals surface area (Å²) in [7, 11) is 0. The van der Waals surface area contributed by atoms with Crippen LogP contribution in [0.25, 0.3) is 11.4 Å². The summed E-state index contributed by atoms with van der Waals surface area (Å²) >= 11 is 1.38. The maximum atomic E-state index is 12.5. The van der Waals surface area contributed by atoms with E-state index >= 15 is 0 Å². The summed E-state index contributed by atoms with van der Waals surface area (Å²) in [5.74, 6) is -0.325. The van der Waals surface area contributed by atoms with Crippen molar-refractivity contribution in [2.45, 2.75) is 40.7 Å². The molecule has 0 aliphatic rings.